The summed E-state index contributed by atoms with van der Waals surface area (Å²) in [5.74, 6) is 0.302. The summed E-state index contributed by atoms with van der Waals surface area (Å²) in [4.78, 5) is 10.8. The molecule has 0 aliphatic carbocycles. The first-order chi connectivity index (χ1) is 6.27. The Morgan fingerprint density at radius 2 is 1.86 bits per heavy atom. The van der Waals surface area contributed by atoms with Gasteiger partial charge in [0.15, 0.2) is 0 Å². The summed E-state index contributed by atoms with van der Waals surface area (Å²) in [6.45, 7) is 12.3. The second kappa shape index (κ2) is 5.35. The molecule has 1 amide bonds. The van der Waals surface area contributed by atoms with Crippen LogP contribution in [-0.4, -0.2) is 19.0 Å². The second-order valence-corrected chi connectivity index (χ2v) is 5.08. The number of carbonyl (C=O) groups is 1. The van der Waals surface area contributed by atoms with Gasteiger partial charge in [-0.25, -0.2) is 0 Å². The molecule has 0 bridgehead atoms. The summed E-state index contributed by atoms with van der Waals surface area (Å²) in [7, 11) is 0. The van der Waals surface area contributed by atoms with Crippen molar-refractivity contribution in [1.29, 1.82) is 0 Å². The van der Waals surface area contributed by atoms with Crippen LogP contribution in [0.15, 0.2) is 0 Å². The highest BCUT2D eigenvalue weighted by molar-refractivity contribution is 5.76. The van der Waals surface area contributed by atoms with Gasteiger partial charge in [-0.15, -0.1) is 0 Å². The van der Waals surface area contributed by atoms with Crippen molar-refractivity contribution in [1.82, 2.24) is 5.32 Å². The molecule has 0 heterocycles. The average molecular weight is 200 g/mol. The molecular weight excluding hydrogens is 176 g/mol. The van der Waals surface area contributed by atoms with E-state index in [2.05, 4.69) is 33.0 Å². The molecule has 0 rings (SSSR count). The highest BCUT2D eigenvalue weighted by atomic mass is 16.1. The van der Waals surface area contributed by atoms with Crippen LogP contribution in [0.25, 0.3) is 0 Å². The molecule has 0 saturated carbocycles. The molecule has 0 saturated heterocycles. The predicted molar refractivity (Wildman–Crippen MR) is 59.8 cm³/mol. The van der Waals surface area contributed by atoms with E-state index in [1.54, 1.807) is 0 Å². The minimum absolute atomic E-state index is 0.0852. The van der Waals surface area contributed by atoms with Gasteiger partial charge < -0.3 is 11.1 Å². The van der Waals surface area contributed by atoms with E-state index in [-0.39, 0.29) is 17.2 Å². The largest absolute Gasteiger partial charge is 0.369 e. The molecule has 0 spiro atoms. The summed E-state index contributed by atoms with van der Waals surface area (Å²) < 4.78 is 0. The van der Waals surface area contributed by atoms with Crippen LogP contribution in [0.2, 0.25) is 0 Å². The van der Waals surface area contributed by atoms with Gasteiger partial charge in [0.2, 0.25) is 5.91 Å². The molecule has 0 fully saturated rings. The maximum absolute atomic E-state index is 10.8. The van der Waals surface area contributed by atoms with Crippen molar-refractivity contribution < 1.29 is 4.79 Å². The zero-order valence-electron chi connectivity index (χ0n) is 10.1. The van der Waals surface area contributed by atoms with Crippen LogP contribution < -0.4 is 11.1 Å². The normalized spacial score (nSPS) is 14.4. The van der Waals surface area contributed by atoms with Crippen molar-refractivity contribution in [3.8, 4) is 0 Å². The molecule has 3 heteroatoms. The smallest absolute Gasteiger partial charge is 0.221 e. The van der Waals surface area contributed by atoms with E-state index >= 15 is 0 Å². The van der Waals surface area contributed by atoms with Crippen molar-refractivity contribution in [3.05, 3.63) is 0 Å². The van der Waals surface area contributed by atoms with Gasteiger partial charge in [-0.3, -0.25) is 4.79 Å². The number of amides is 1. The Morgan fingerprint density at radius 3 is 2.21 bits per heavy atom. The lowest BCUT2D eigenvalue weighted by Crippen LogP contribution is -2.38. The Hall–Kier alpha value is -0.570. The fourth-order valence-corrected chi connectivity index (χ4v) is 0.916. The van der Waals surface area contributed by atoms with Gasteiger partial charge in [-0.05, 0) is 11.3 Å². The van der Waals surface area contributed by atoms with Gasteiger partial charge >= 0.3 is 0 Å². The fourth-order valence-electron chi connectivity index (χ4n) is 0.916. The molecule has 0 aliphatic heterocycles. The van der Waals surface area contributed by atoms with E-state index in [1.165, 1.54) is 0 Å². The summed E-state index contributed by atoms with van der Waals surface area (Å²) in [6.07, 6.45) is 0. The van der Waals surface area contributed by atoms with E-state index in [0.29, 0.717) is 12.5 Å². The van der Waals surface area contributed by atoms with Crippen LogP contribution in [0.4, 0.5) is 0 Å². The third-order valence-corrected chi connectivity index (χ3v) is 3.08. The van der Waals surface area contributed by atoms with Crippen molar-refractivity contribution in [3.63, 3.8) is 0 Å². The standard InChI is InChI=1S/C11H24N2O/c1-8(2)11(4,5)7-13-6-9(3)10(12)14/h8-9,13H,6-7H2,1-5H3,(H2,12,14). The van der Waals surface area contributed by atoms with Crippen LogP contribution in [0.5, 0.6) is 0 Å². The van der Waals surface area contributed by atoms with Gasteiger partial charge in [-0.1, -0.05) is 34.6 Å². The molecule has 3 nitrogen and oxygen atoms in total. The van der Waals surface area contributed by atoms with Gasteiger partial charge in [0, 0.05) is 19.0 Å². The lowest BCUT2D eigenvalue weighted by Gasteiger charge is -2.29. The maximum Gasteiger partial charge on any atom is 0.221 e. The molecule has 0 radical (unpaired) electrons. The first kappa shape index (κ1) is 13.4. The fraction of sp³-hybridized carbons (Fsp3) is 0.909. The molecular formula is C11H24N2O. The first-order valence-corrected chi connectivity index (χ1v) is 5.27. The Balaban J connectivity index is 3.79. The molecule has 0 aromatic rings. The number of hydrogen-bond donors (Lipinski definition) is 2. The summed E-state index contributed by atoms with van der Waals surface area (Å²) in [5.41, 5.74) is 5.43. The topological polar surface area (TPSA) is 55.1 Å². The van der Waals surface area contributed by atoms with E-state index < -0.39 is 0 Å². The number of carbonyl (C=O) groups excluding carboxylic acids is 1. The van der Waals surface area contributed by atoms with Crippen LogP contribution >= 0.6 is 0 Å². The maximum atomic E-state index is 10.8. The third kappa shape index (κ3) is 4.61. The second-order valence-electron chi connectivity index (χ2n) is 5.08. The van der Waals surface area contributed by atoms with Crippen LogP contribution in [0.3, 0.4) is 0 Å². The minimum Gasteiger partial charge on any atom is -0.369 e. The number of hydrogen-bond acceptors (Lipinski definition) is 2. The number of nitrogens with two attached hydrogens (primary N) is 1. The quantitative estimate of drug-likeness (QED) is 0.680. The van der Waals surface area contributed by atoms with Gasteiger partial charge in [0.25, 0.3) is 0 Å². The molecule has 0 aliphatic rings. The van der Waals surface area contributed by atoms with Crippen molar-refractivity contribution in [2.75, 3.05) is 13.1 Å². The van der Waals surface area contributed by atoms with E-state index in [4.69, 9.17) is 5.73 Å². The lowest BCUT2D eigenvalue weighted by atomic mass is 9.81. The SMILES string of the molecule is CC(CNCC(C)(C)C(C)C)C(N)=O. The third-order valence-electron chi connectivity index (χ3n) is 3.08. The molecule has 1 unspecified atom stereocenters. The van der Waals surface area contributed by atoms with Crippen LogP contribution in [0, 0.1) is 17.3 Å². The highest BCUT2D eigenvalue weighted by Gasteiger charge is 2.22. The average Bonchev–Trinajstić information content (AvgIpc) is 2.03. The lowest BCUT2D eigenvalue weighted by molar-refractivity contribution is -0.121. The summed E-state index contributed by atoms with van der Waals surface area (Å²) >= 11 is 0. The molecule has 84 valence electrons. The van der Waals surface area contributed by atoms with Gasteiger partial charge in [0.1, 0.15) is 0 Å². The minimum atomic E-state index is -0.236. The molecule has 1 atom stereocenters. The zero-order chi connectivity index (χ0) is 11.4. The van der Waals surface area contributed by atoms with Crippen molar-refractivity contribution in [2.24, 2.45) is 23.0 Å². The number of primary amides is 1. The molecule has 14 heavy (non-hydrogen) atoms. The molecule has 0 aromatic heterocycles. The Labute approximate surface area is 87.4 Å². The number of nitrogens with one attached hydrogen (secondary N) is 1. The van der Waals surface area contributed by atoms with E-state index in [1.807, 2.05) is 6.92 Å². The van der Waals surface area contributed by atoms with Crippen LogP contribution in [-0.2, 0) is 4.79 Å². The van der Waals surface area contributed by atoms with Crippen molar-refractivity contribution >= 4 is 5.91 Å². The Morgan fingerprint density at radius 1 is 1.36 bits per heavy atom. The first-order valence-electron chi connectivity index (χ1n) is 5.27. The van der Waals surface area contributed by atoms with Crippen LogP contribution in [0.1, 0.15) is 34.6 Å². The monoisotopic (exact) mass is 200 g/mol. The Bertz CT molecular complexity index is 188. The highest BCUT2D eigenvalue weighted by Crippen LogP contribution is 2.24. The van der Waals surface area contributed by atoms with E-state index in [9.17, 15) is 4.79 Å². The summed E-state index contributed by atoms with van der Waals surface area (Å²) in [6, 6.07) is 0. The molecule has 0 aromatic carbocycles. The van der Waals surface area contributed by atoms with E-state index in [0.717, 1.165) is 6.54 Å². The zero-order valence-corrected chi connectivity index (χ0v) is 10.1. The van der Waals surface area contributed by atoms with Gasteiger partial charge in [0.05, 0.1) is 0 Å². The summed E-state index contributed by atoms with van der Waals surface area (Å²) in [5, 5.41) is 3.29. The molecule has 3 N–H and O–H groups in total. The number of rotatable bonds is 6. The Kier molecular flexibility index (Phi) is 5.13. The predicted octanol–water partition coefficient (Wildman–Crippen LogP) is 1.38. The van der Waals surface area contributed by atoms with Gasteiger partial charge in [-0.2, -0.15) is 0 Å². The van der Waals surface area contributed by atoms with Crippen molar-refractivity contribution in [2.45, 2.75) is 34.6 Å².